The highest BCUT2D eigenvalue weighted by Gasteiger charge is 2.33. The van der Waals surface area contributed by atoms with Crippen LogP contribution in [0.2, 0.25) is 0 Å². The van der Waals surface area contributed by atoms with Crippen molar-refractivity contribution in [2.45, 2.75) is 32.1 Å². The third-order valence-electron chi connectivity index (χ3n) is 3.77. The molecule has 1 aliphatic rings. The molecule has 1 N–H and O–H groups in total. The van der Waals surface area contributed by atoms with Crippen LogP contribution >= 0.6 is 11.3 Å². The van der Waals surface area contributed by atoms with Gasteiger partial charge in [-0.3, -0.25) is 4.79 Å². The molecule has 0 unspecified atom stereocenters. The van der Waals surface area contributed by atoms with Crippen LogP contribution in [-0.2, 0) is 24.1 Å². The fourth-order valence-electron chi connectivity index (χ4n) is 2.59. The summed E-state index contributed by atoms with van der Waals surface area (Å²) in [5.74, 6) is 0.168. The van der Waals surface area contributed by atoms with Crippen molar-refractivity contribution in [3.63, 3.8) is 0 Å². The van der Waals surface area contributed by atoms with E-state index in [0.29, 0.717) is 30.8 Å². The summed E-state index contributed by atoms with van der Waals surface area (Å²) in [5.41, 5.74) is 1.95. The van der Waals surface area contributed by atoms with Crippen molar-refractivity contribution in [2.75, 3.05) is 11.9 Å². The highest BCUT2D eigenvalue weighted by molar-refractivity contribution is 7.15. The van der Waals surface area contributed by atoms with Crippen LogP contribution in [0.25, 0.3) is 0 Å². The molecule has 8 heteroatoms. The van der Waals surface area contributed by atoms with Crippen molar-refractivity contribution >= 4 is 22.4 Å². The second-order valence-corrected chi connectivity index (χ2v) is 6.65. The van der Waals surface area contributed by atoms with Crippen molar-refractivity contribution in [3.05, 3.63) is 46.5 Å². The smallest absolute Gasteiger partial charge is 0.357 e. The highest BCUT2D eigenvalue weighted by Crippen LogP contribution is 2.35. The number of hydrogen-bond acceptors (Lipinski definition) is 4. The molecule has 0 radical (unpaired) electrons. The molecule has 128 valence electrons. The maximum atomic E-state index is 12.6. The van der Waals surface area contributed by atoms with Crippen molar-refractivity contribution in [1.82, 2.24) is 9.88 Å². The van der Waals surface area contributed by atoms with Crippen LogP contribution in [0.3, 0.4) is 0 Å². The number of thiazole rings is 1. The van der Waals surface area contributed by atoms with Gasteiger partial charge in [0.1, 0.15) is 4.88 Å². The van der Waals surface area contributed by atoms with E-state index >= 15 is 0 Å². The van der Waals surface area contributed by atoms with Gasteiger partial charge >= 0.3 is 6.18 Å². The Bertz CT molecular complexity index is 729. The van der Waals surface area contributed by atoms with E-state index in [4.69, 9.17) is 0 Å². The SMILES string of the molecule is O=C1CCCN1Cc1cccc(CNc2ncc(C(F)(F)F)s2)c1. The first-order valence-corrected chi connectivity index (χ1v) is 8.36. The largest absolute Gasteiger partial charge is 0.427 e. The molecule has 0 saturated carbocycles. The van der Waals surface area contributed by atoms with Gasteiger partial charge in [0.2, 0.25) is 5.91 Å². The Balaban J connectivity index is 1.60. The Morgan fingerprint density at radius 1 is 1.29 bits per heavy atom. The quantitative estimate of drug-likeness (QED) is 0.885. The normalized spacial score (nSPS) is 15.1. The number of hydrogen-bond donors (Lipinski definition) is 1. The monoisotopic (exact) mass is 355 g/mol. The predicted octanol–water partition coefficient (Wildman–Crippen LogP) is 3.90. The first kappa shape index (κ1) is 16.8. The van der Waals surface area contributed by atoms with E-state index in [1.165, 1.54) is 0 Å². The van der Waals surface area contributed by atoms with Crippen molar-refractivity contribution in [1.29, 1.82) is 0 Å². The van der Waals surface area contributed by atoms with Crippen molar-refractivity contribution < 1.29 is 18.0 Å². The summed E-state index contributed by atoms with van der Waals surface area (Å²) < 4.78 is 37.7. The first-order chi connectivity index (χ1) is 11.4. The van der Waals surface area contributed by atoms with Crippen LogP contribution in [0.5, 0.6) is 0 Å². The van der Waals surface area contributed by atoms with Gasteiger partial charge < -0.3 is 10.2 Å². The van der Waals surface area contributed by atoms with Crippen LogP contribution < -0.4 is 5.32 Å². The second-order valence-electron chi connectivity index (χ2n) is 5.62. The number of amides is 1. The molecule has 1 saturated heterocycles. The van der Waals surface area contributed by atoms with Gasteiger partial charge in [0, 0.05) is 26.1 Å². The molecule has 24 heavy (non-hydrogen) atoms. The Kier molecular flexibility index (Phi) is 4.75. The lowest BCUT2D eigenvalue weighted by molar-refractivity contribution is -0.134. The molecule has 1 aromatic heterocycles. The highest BCUT2D eigenvalue weighted by atomic mass is 32.1. The molecule has 0 spiro atoms. The average molecular weight is 355 g/mol. The van der Waals surface area contributed by atoms with Gasteiger partial charge in [0.05, 0.1) is 6.20 Å². The van der Waals surface area contributed by atoms with E-state index in [0.717, 1.165) is 30.3 Å². The lowest BCUT2D eigenvalue weighted by Gasteiger charge is -2.16. The van der Waals surface area contributed by atoms with Crippen molar-refractivity contribution in [3.8, 4) is 0 Å². The Labute approximate surface area is 141 Å². The summed E-state index contributed by atoms with van der Waals surface area (Å²) in [7, 11) is 0. The Hall–Kier alpha value is -2.09. The molecule has 2 heterocycles. The summed E-state index contributed by atoms with van der Waals surface area (Å²) in [6.07, 6.45) is -2.03. The second kappa shape index (κ2) is 6.80. The van der Waals surface area contributed by atoms with E-state index in [9.17, 15) is 18.0 Å². The van der Waals surface area contributed by atoms with E-state index in [1.54, 1.807) is 0 Å². The lowest BCUT2D eigenvalue weighted by atomic mass is 10.1. The molecule has 1 fully saturated rings. The molecule has 0 bridgehead atoms. The minimum absolute atomic E-state index is 0.168. The Morgan fingerprint density at radius 2 is 2.08 bits per heavy atom. The van der Waals surface area contributed by atoms with E-state index in [2.05, 4.69) is 10.3 Å². The fourth-order valence-corrected chi connectivity index (χ4v) is 3.27. The summed E-state index contributed by atoms with van der Waals surface area (Å²) in [6.45, 7) is 1.73. The molecule has 1 aliphatic heterocycles. The van der Waals surface area contributed by atoms with Crippen LogP contribution in [0.4, 0.5) is 18.3 Å². The fraction of sp³-hybridized carbons (Fsp3) is 0.375. The number of nitrogens with one attached hydrogen (secondary N) is 1. The third kappa shape index (κ3) is 4.05. The molecule has 0 aliphatic carbocycles. The van der Waals surface area contributed by atoms with Crippen molar-refractivity contribution in [2.24, 2.45) is 0 Å². The van der Waals surface area contributed by atoms with Gasteiger partial charge in [0.25, 0.3) is 0 Å². The van der Waals surface area contributed by atoms with E-state index in [-0.39, 0.29) is 11.0 Å². The molecule has 0 atom stereocenters. The van der Waals surface area contributed by atoms with Gasteiger partial charge in [-0.1, -0.05) is 35.6 Å². The lowest BCUT2D eigenvalue weighted by Crippen LogP contribution is -2.23. The number of aromatic nitrogens is 1. The zero-order valence-electron chi connectivity index (χ0n) is 12.8. The summed E-state index contributed by atoms with van der Waals surface area (Å²) in [5, 5.41) is 3.15. The number of halogens is 3. The molecule has 1 aromatic carbocycles. The minimum Gasteiger partial charge on any atom is -0.357 e. The van der Waals surface area contributed by atoms with Crippen LogP contribution in [0.1, 0.15) is 28.8 Å². The number of carbonyl (C=O) groups excluding carboxylic acids is 1. The third-order valence-corrected chi connectivity index (χ3v) is 4.76. The number of anilines is 1. The molecular weight excluding hydrogens is 339 g/mol. The van der Waals surface area contributed by atoms with E-state index < -0.39 is 11.1 Å². The number of likely N-dealkylation sites (tertiary alicyclic amines) is 1. The van der Waals surface area contributed by atoms with Gasteiger partial charge in [-0.25, -0.2) is 4.98 Å². The van der Waals surface area contributed by atoms with E-state index in [1.807, 2.05) is 29.2 Å². The molecular formula is C16H16F3N3OS. The topological polar surface area (TPSA) is 45.2 Å². The van der Waals surface area contributed by atoms with Gasteiger partial charge in [-0.05, 0) is 17.5 Å². The molecule has 3 rings (SSSR count). The summed E-state index contributed by atoms with van der Waals surface area (Å²) in [6, 6.07) is 7.67. The van der Waals surface area contributed by atoms with Crippen LogP contribution in [-0.4, -0.2) is 22.3 Å². The Morgan fingerprint density at radius 3 is 2.75 bits per heavy atom. The van der Waals surface area contributed by atoms with Crippen LogP contribution in [0, 0.1) is 0 Å². The maximum Gasteiger partial charge on any atom is 0.427 e. The first-order valence-electron chi connectivity index (χ1n) is 7.54. The van der Waals surface area contributed by atoms with Crippen LogP contribution in [0.15, 0.2) is 30.5 Å². The standard InChI is InChI=1S/C16H16F3N3OS/c17-16(18,19)13-9-21-15(24-13)20-8-11-3-1-4-12(7-11)10-22-6-2-5-14(22)23/h1,3-4,7,9H,2,5-6,8,10H2,(H,20,21). The summed E-state index contributed by atoms with van der Waals surface area (Å²) in [4.78, 5) is 16.5. The van der Waals surface area contributed by atoms with Gasteiger partial charge in [-0.2, -0.15) is 13.2 Å². The number of rotatable bonds is 5. The number of alkyl halides is 3. The minimum atomic E-state index is -4.36. The summed E-state index contributed by atoms with van der Waals surface area (Å²) >= 11 is 0.590. The van der Waals surface area contributed by atoms with Gasteiger partial charge in [0.15, 0.2) is 5.13 Å². The molecule has 4 nitrogen and oxygen atoms in total. The average Bonchev–Trinajstić information content (AvgIpc) is 3.15. The molecule has 1 amide bonds. The molecule has 2 aromatic rings. The zero-order chi connectivity index (χ0) is 17.2. The number of nitrogens with zero attached hydrogens (tertiary/aromatic N) is 2. The maximum absolute atomic E-state index is 12.6. The van der Waals surface area contributed by atoms with Gasteiger partial charge in [-0.15, -0.1) is 0 Å². The number of benzene rings is 1. The zero-order valence-corrected chi connectivity index (χ0v) is 13.6. The number of carbonyl (C=O) groups is 1. The predicted molar refractivity (Wildman–Crippen MR) is 85.5 cm³/mol.